The molecule has 0 bridgehead atoms. The molecule has 4 rings (SSSR count). The summed E-state index contributed by atoms with van der Waals surface area (Å²) in [5, 5.41) is 11.4. The van der Waals surface area contributed by atoms with Crippen molar-refractivity contribution < 1.29 is 19.4 Å². The van der Waals surface area contributed by atoms with Gasteiger partial charge in [-0.15, -0.1) is 11.3 Å². The summed E-state index contributed by atoms with van der Waals surface area (Å²) >= 11 is 1.50. The van der Waals surface area contributed by atoms with Gasteiger partial charge in [-0.2, -0.15) is 0 Å². The lowest BCUT2D eigenvalue weighted by Crippen LogP contribution is -2.28. The van der Waals surface area contributed by atoms with Crippen LogP contribution in [0.2, 0.25) is 0 Å². The Balaban J connectivity index is 1.88. The molecule has 1 atom stereocenters. The third-order valence-electron chi connectivity index (χ3n) is 5.81. The van der Waals surface area contributed by atoms with E-state index in [1.54, 1.807) is 12.6 Å². The quantitative estimate of drug-likeness (QED) is 0.504. The van der Waals surface area contributed by atoms with Crippen molar-refractivity contribution >= 4 is 17.3 Å². The lowest BCUT2D eigenvalue weighted by atomic mass is 9.86. The SMILES string of the molecule is COCCCOc1cc2c(cc1-c1cscn1)-c1cc(=O)c(C(=O)O)cn1C(C(C)C)C2. The summed E-state index contributed by atoms with van der Waals surface area (Å²) < 4.78 is 13.2. The van der Waals surface area contributed by atoms with E-state index in [2.05, 4.69) is 18.8 Å². The predicted molar refractivity (Wildman–Crippen MR) is 124 cm³/mol. The number of rotatable bonds is 8. The van der Waals surface area contributed by atoms with Crippen molar-refractivity contribution in [3.05, 3.63) is 56.6 Å². The van der Waals surface area contributed by atoms with Gasteiger partial charge in [0.05, 0.1) is 23.5 Å². The number of nitrogens with zero attached hydrogens (tertiary/aromatic N) is 2. The summed E-state index contributed by atoms with van der Waals surface area (Å²) in [7, 11) is 1.67. The number of aromatic nitrogens is 2. The minimum atomic E-state index is -1.21. The van der Waals surface area contributed by atoms with Gasteiger partial charge in [0, 0.05) is 54.9 Å². The van der Waals surface area contributed by atoms with Crippen LogP contribution in [-0.2, 0) is 11.2 Å². The Kier molecular flexibility index (Phi) is 6.43. The fraction of sp³-hybridized carbons (Fsp3) is 0.375. The summed E-state index contributed by atoms with van der Waals surface area (Å²) in [6.45, 7) is 5.34. The van der Waals surface area contributed by atoms with Gasteiger partial charge in [-0.05, 0) is 30.0 Å². The number of pyridine rings is 1. The highest BCUT2D eigenvalue weighted by molar-refractivity contribution is 7.07. The van der Waals surface area contributed by atoms with E-state index in [-0.39, 0.29) is 17.5 Å². The van der Waals surface area contributed by atoms with Crippen LogP contribution >= 0.6 is 11.3 Å². The van der Waals surface area contributed by atoms with Crippen LogP contribution in [0.15, 0.2) is 40.1 Å². The molecule has 1 aromatic carbocycles. The molecule has 1 N–H and O–H groups in total. The topological polar surface area (TPSA) is 90.7 Å². The van der Waals surface area contributed by atoms with E-state index in [0.717, 1.165) is 40.2 Å². The Labute approximate surface area is 190 Å². The molecule has 1 aliphatic heterocycles. The van der Waals surface area contributed by atoms with Gasteiger partial charge in [0.25, 0.3) is 0 Å². The zero-order valence-electron chi connectivity index (χ0n) is 18.3. The van der Waals surface area contributed by atoms with E-state index in [9.17, 15) is 14.7 Å². The van der Waals surface area contributed by atoms with Crippen LogP contribution in [0.4, 0.5) is 0 Å². The molecule has 1 unspecified atom stereocenters. The molecule has 1 aliphatic rings. The van der Waals surface area contributed by atoms with Gasteiger partial charge < -0.3 is 19.1 Å². The molecule has 0 radical (unpaired) electrons. The molecule has 0 aliphatic carbocycles. The van der Waals surface area contributed by atoms with Gasteiger partial charge in [-0.3, -0.25) is 4.79 Å². The molecule has 0 amide bonds. The first-order valence-electron chi connectivity index (χ1n) is 10.6. The molecule has 2 aromatic heterocycles. The van der Waals surface area contributed by atoms with Gasteiger partial charge in [0.15, 0.2) is 5.43 Å². The second-order valence-electron chi connectivity index (χ2n) is 8.24. The van der Waals surface area contributed by atoms with Crippen LogP contribution in [0, 0.1) is 5.92 Å². The third-order valence-corrected chi connectivity index (χ3v) is 6.39. The van der Waals surface area contributed by atoms with Crippen LogP contribution in [0.5, 0.6) is 5.75 Å². The van der Waals surface area contributed by atoms with Crippen molar-refractivity contribution in [2.45, 2.75) is 32.7 Å². The number of hydrogen-bond acceptors (Lipinski definition) is 6. The van der Waals surface area contributed by atoms with Crippen LogP contribution in [-0.4, -0.2) is 41.0 Å². The van der Waals surface area contributed by atoms with E-state index in [1.165, 1.54) is 23.6 Å². The number of aromatic carboxylic acids is 1. The standard InChI is InChI=1S/C24H26N2O5S/c1-14(2)20-7-15-8-23(31-6-4-5-30-3)17(19-12-32-13-25-19)9-16(15)21-10-22(27)18(24(28)29)11-26(20)21/h8-14,20H,4-7H2,1-3H3,(H,28,29). The highest BCUT2D eigenvalue weighted by atomic mass is 32.1. The molecule has 0 spiro atoms. The number of thiazole rings is 1. The maximum absolute atomic E-state index is 12.6. The molecule has 0 fully saturated rings. The molecule has 8 heteroatoms. The van der Waals surface area contributed by atoms with Crippen LogP contribution < -0.4 is 10.2 Å². The molecule has 0 saturated carbocycles. The highest BCUT2D eigenvalue weighted by Gasteiger charge is 2.29. The second-order valence-corrected chi connectivity index (χ2v) is 8.96. The lowest BCUT2D eigenvalue weighted by Gasteiger charge is -2.34. The van der Waals surface area contributed by atoms with Crippen molar-refractivity contribution in [1.29, 1.82) is 0 Å². The van der Waals surface area contributed by atoms with Crippen LogP contribution in [0.25, 0.3) is 22.5 Å². The maximum atomic E-state index is 12.6. The highest BCUT2D eigenvalue weighted by Crippen LogP contribution is 2.43. The maximum Gasteiger partial charge on any atom is 0.341 e. The Hall–Kier alpha value is -2.97. The van der Waals surface area contributed by atoms with E-state index in [0.29, 0.717) is 19.6 Å². The van der Waals surface area contributed by atoms with Gasteiger partial charge >= 0.3 is 5.97 Å². The van der Waals surface area contributed by atoms with E-state index < -0.39 is 11.4 Å². The van der Waals surface area contributed by atoms with Crippen molar-refractivity contribution in [3.8, 4) is 28.3 Å². The summed E-state index contributed by atoms with van der Waals surface area (Å²) in [5.41, 5.74) is 5.44. The fourth-order valence-electron chi connectivity index (χ4n) is 4.16. The monoisotopic (exact) mass is 454 g/mol. The third kappa shape index (κ3) is 4.20. The molecular formula is C24H26N2O5S. The summed E-state index contributed by atoms with van der Waals surface area (Å²) in [5.74, 6) is -0.205. The average Bonchev–Trinajstić information content (AvgIpc) is 3.29. The van der Waals surface area contributed by atoms with Gasteiger partial charge in [0.2, 0.25) is 0 Å². The van der Waals surface area contributed by atoms with Crippen LogP contribution in [0.3, 0.4) is 0 Å². The minimum absolute atomic E-state index is 0.0302. The summed E-state index contributed by atoms with van der Waals surface area (Å²) in [4.78, 5) is 28.6. The number of carboxylic acids is 1. The zero-order chi connectivity index (χ0) is 22.8. The van der Waals surface area contributed by atoms with E-state index >= 15 is 0 Å². The molecule has 3 heterocycles. The minimum Gasteiger partial charge on any atom is -0.493 e. The number of carboxylic acid groups (broad SMARTS) is 1. The number of fused-ring (bicyclic) bond motifs is 3. The number of benzene rings is 1. The summed E-state index contributed by atoms with van der Waals surface area (Å²) in [6.07, 6.45) is 2.98. The molecule has 32 heavy (non-hydrogen) atoms. The smallest absolute Gasteiger partial charge is 0.341 e. The van der Waals surface area contributed by atoms with Crippen molar-refractivity contribution in [2.24, 2.45) is 5.92 Å². The van der Waals surface area contributed by atoms with Crippen molar-refractivity contribution in [3.63, 3.8) is 0 Å². The normalized spacial score (nSPS) is 14.8. The Morgan fingerprint density at radius 1 is 1.28 bits per heavy atom. The first kappa shape index (κ1) is 22.2. The first-order valence-corrected chi connectivity index (χ1v) is 11.5. The molecule has 3 aromatic rings. The van der Waals surface area contributed by atoms with Crippen molar-refractivity contribution in [1.82, 2.24) is 9.55 Å². The van der Waals surface area contributed by atoms with Crippen molar-refractivity contribution in [2.75, 3.05) is 20.3 Å². The molecule has 0 saturated heterocycles. The molecular weight excluding hydrogens is 428 g/mol. The lowest BCUT2D eigenvalue weighted by molar-refractivity contribution is 0.0694. The van der Waals surface area contributed by atoms with Gasteiger partial charge in [-0.1, -0.05) is 13.8 Å². The Bertz CT molecular complexity index is 1180. The average molecular weight is 455 g/mol. The van der Waals surface area contributed by atoms with E-state index in [1.807, 2.05) is 22.1 Å². The van der Waals surface area contributed by atoms with E-state index in [4.69, 9.17) is 9.47 Å². The molecule has 168 valence electrons. The van der Waals surface area contributed by atoms with Gasteiger partial charge in [-0.25, -0.2) is 9.78 Å². The number of hydrogen-bond donors (Lipinski definition) is 1. The first-order chi connectivity index (χ1) is 15.4. The Morgan fingerprint density at radius 2 is 2.09 bits per heavy atom. The number of methoxy groups -OCH3 is 1. The van der Waals surface area contributed by atoms with Crippen LogP contribution in [0.1, 0.15) is 42.2 Å². The fourth-order valence-corrected chi connectivity index (χ4v) is 4.71. The molecule has 7 nitrogen and oxygen atoms in total. The number of ether oxygens (including phenoxy) is 2. The van der Waals surface area contributed by atoms with Gasteiger partial charge in [0.1, 0.15) is 11.3 Å². The largest absolute Gasteiger partial charge is 0.493 e. The zero-order valence-corrected chi connectivity index (χ0v) is 19.1. The summed E-state index contributed by atoms with van der Waals surface area (Å²) in [6, 6.07) is 5.53. The predicted octanol–water partition coefficient (Wildman–Crippen LogP) is 4.51. The Morgan fingerprint density at radius 3 is 2.75 bits per heavy atom. The number of carbonyl (C=O) groups is 1. The second kappa shape index (κ2) is 9.26.